The number of benzene rings is 1. The van der Waals surface area contributed by atoms with Gasteiger partial charge in [-0.25, -0.2) is 4.98 Å². The van der Waals surface area contributed by atoms with E-state index < -0.39 is 0 Å². The van der Waals surface area contributed by atoms with E-state index in [1.165, 1.54) is 32.1 Å². The van der Waals surface area contributed by atoms with Crippen LogP contribution in [0.15, 0.2) is 47.5 Å². The molecule has 6 heteroatoms. The van der Waals surface area contributed by atoms with Gasteiger partial charge in [-0.3, -0.25) is 4.99 Å². The molecule has 5 rings (SSSR count). The molecule has 1 aromatic carbocycles. The van der Waals surface area contributed by atoms with E-state index >= 15 is 0 Å². The molecule has 1 aliphatic heterocycles. The van der Waals surface area contributed by atoms with Gasteiger partial charge in [0.05, 0.1) is 31.1 Å². The zero-order valence-electron chi connectivity index (χ0n) is 17.4. The average molecular weight is 404 g/mol. The summed E-state index contributed by atoms with van der Waals surface area (Å²) in [5.74, 6) is 1.72. The first-order valence-corrected chi connectivity index (χ1v) is 11.1. The van der Waals surface area contributed by atoms with Gasteiger partial charge in [-0.15, -0.1) is 0 Å². The van der Waals surface area contributed by atoms with E-state index in [1.54, 1.807) is 0 Å². The van der Waals surface area contributed by atoms with Crippen LogP contribution in [0.2, 0.25) is 0 Å². The van der Waals surface area contributed by atoms with Gasteiger partial charge >= 0.3 is 0 Å². The van der Waals surface area contributed by atoms with Crippen LogP contribution < -0.4 is 4.90 Å². The van der Waals surface area contributed by atoms with Crippen molar-refractivity contribution >= 4 is 17.7 Å². The Kier molecular flexibility index (Phi) is 5.75. The summed E-state index contributed by atoms with van der Waals surface area (Å²) in [5, 5.41) is 4.89. The summed E-state index contributed by atoms with van der Waals surface area (Å²) in [5.41, 5.74) is 3.92. The monoisotopic (exact) mass is 403 g/mol. The van der Waals surface area contributed by atoms with Crippen LogP contribution in [0.5, 0.6) is 0 Å². The first-order chi connectivity index (χ1) is 14.9. The maximum atomic E-state index is 5.56. The molecule has 0 amide bonds. The zero-order chi connectivity index (χ0) is 20.2. The minimum absolute atomic E-state index is 0.621. The molecule has 1 aliphatic carbocycles. The lowest BCUT2D eigenvalue weighted by Gasteiger charge is -2.29. The number of ether oxygens (including phenoxy) is 1. The third kappa shape index (κ3) is 4.24. The molecule has 2 aromatic heterocycles. The Balaban J connectivity index is 1.47. The molecule has 0 atom stereocenters. The molecule has 1 saturated carbocycles. The molecule has 30 heavy (non-hydrogen) atoms. The first kappa shape index (κ1) is 19.2. The molecule has 2 fully saturated rings. The number of aliphatic imine (C=N–C) groups is 1. The summed E-state index contributed by atoms with van der Waals surface area (Å²) in [7, 11) is 0. The molecule has 2 aliphatic rings. The van der Waals surface area contributed by atoms with Crippen LogP contribution in [0, 0.1) is 5.92 Å². The van der Waals surface area contributed by atoms with Gasteiger partial charge in [-0.1, -0.05) is 49.6 Å². The summed E-state index contributed by atoms with van der Waals surface area (Å²) in [4.78, 5) is 12.0. The van der Waals surface area contributed by atoms with Crippen LogP contribution in [0.25, 0.3) is 16.9 Å². The van der Waals surface area contributed by atoms with Crippen molar-refractivity contribution in [2.24, 2.45) is 10.9 Å². The van der Waals surface area contributed by atoms with Gasteiger partial charge < -0.3 is 9.64 Å². The Morgan fingerprint density at radius 1 is 1.03 bits per heavy atom. The maximum absolute atomic E-state index is 5.56. The van der Waals surface area contributed by atoms with E-state index in [1.807, 2.05) is 22.7 Å². The highest BCUT2D eigenvalue weighted by Crippen LogP contribution is 2.25. The Morgan fingerprint density at radius 2 is 1.83 bits per heavy atom. The van der Waals surface area contributed by atoms with Gasteiger partial charge in [0.1, 0.15) is 5.82 Å². The molecule has 0 unspecified atom stereocenters. The van der Waals surface area contributed by atoms with Crippen molar-refractivity contribution in [2.75, 3.05) is 31.2 Å². The predicted molar refractivity (Wildman–Crippen MR) is 120 cm³/mol. The Hall–Kier alpha value is -2.73. The number of nitrogens with zero attached hydrogens (tertiary/aromatic N) is 5. The van der Waals surface area contributed by atoms with Gasteiger partial charge in [-0.2, -0.15) is 9.61 Å². The van der Waals surface area contributed by atoms with Crippen molar-refractivity contribution in [3.05, 3.63) is 48.2 Å². The Morgan fingerprint density at radius 3 is 2.63 bits per heavy atom. The van der Waals surface area contributed by atoms with Crippen LogP contribution in [-0.4, -0.2) is 47.1 Å². The Bertz CT molecular complexity index is 1000. The molecule has 156 valence electrons. The normalized spacial score (nSPS) is 18.5. The Labute approximate surface area is 177 Å². The number of fused-ring (bicyclic) bond motifs is 1. The van der Waals surface area contributed by atoms with Crippen LogP contribution in [-0.2, 0) is 11.3 Å². The zero-order valence-corrected chi connectivity index (χ0v) is 17.4. The highest BCUT2D eigenvalue weighted by molar-refractivity contribution is 5.66. The first-order valence-electron chi connectivity index (χ1n) is 11.1. The van der Waals surface area contributed by atoms with E-state index in [0.717, 1.165) is 54.7 Å². The molecule has 0 spiro atoms. The minimum Gasteiger partial charge on any atom is -0.378 e. The number of hydrogen-bond acceptors (Lipinski definition) is 5. The van der Waals surface area contributed by atoms with E-state index in [-0.39, 0.29) is 0 Å². The van der Waals surface area contributed by atoms with Crippen molar-refractivity contribution in [3.63, 3.8) is 0 Å². The minimum atomic E-state index is 0.621. The molecule has 0 N–H and O–H groups in total. The fraction of sp³-hybridized carbons (Fsp3) is 0.458. The number of morpholine rings is 1. The van der Waals surface area contributed by atoms with Crippen LogP contribution in [0.1, 0.15) is 37.8 Å². The van der Waals surface area contributed by atoms with Crippen LogP contribution >= 0.6 is 0 Å². The van der Waals surface area contributed by atoms with Crippen molar-refractivity contribution < 1.29 is 4.74 Å². The number of aromatic nitrogens is 3. The van der Waals surface area contributed by atoms with E-state index in [4.69, 9.17) is 19.8 Å². The second-order valence-electron chi connectivity index (χ2n) is 8.26. The maximum Gasteiger partial charge on any atom is 0.158 e. The van der Waals surface area contributed by atoms with Crippen molar-refractivity contribution in [3.8, 4) is 11.3 Å². The molecule has 3 heterocycles. The summed E-state index contributed by atoms with van der Waals surface area (Å²) in [6.45, 7) is 3.84. The lowest BCUT2D eigenvalue weighted by Crippen LogP contribution is -2.37. The van der Waals surface area contributed by atoms with Crippen molar-refractivity contribution in [1.29, 1.82) is 0 Å². The molecule has 0 radical (unpaired) electrons. The summed E-state index contributed by atoms with van der Waals surface area (Å²) in [6, 6.07) is 14.5. The summed E-state index contributed by atoms with van der Waals surface area (Å²) >= 11 is 0. The van der Waals surface area contributed by atoms with Gasteiger partial charge in [0.2, 0.25) is 0 Å². The second-order valence-corrected chi connectivity index (χ2v) is 8.26. The third-order valence-corrected chi connectivity index (χ3v) is 6.09. The SMILES string of the molecule is C(=NCc1cc(N2CCOCC2)n2nc(-c3ccccc3)cc2n1)C1CCCCC1. The molecular formula is C24H29N5O. The lowest BCUT2D eigenvalue weighted by atomic mass is 9.90. The quantitative estimate of drug-likeness (QED) is 0.593. The molecular weight excluding hydrogens is 374 g/mol. The van der Waals surface area contributed by atoms with Gasteiger partial charge in [0, 0.05) is 37.0 Å². The van der Waals surface area contributed by atoms with Gasteiger partial charge in [0.25, 0.3) is 0 Å². The molecule has 6 nitrogen and oxygen atoms in total. The summed E-state index contributed by atoms with van der Waals surface area (Å²) in [6.07, 6.45) is 8.76. The van der Waals surface area contributed by atoms with E-state index in [0.29, 0.717) is 12.5 Å². The van der Waals surface area contributed by atoms with Crippen LogP contribution in [0.4, 0.5) is 5.82 Å². The third-order valence-electron chi connectivity index (χ3n) is 6.09. The van der Waals surface area contributed by atoms with Crippen molar-refractivity contribution in [2.45, 2.75) is 38.6 Å². The fourth-order valence-corrected chi connectivity index (χ4v) is 4.44. The predicted octanol–water partition coefficient (Wildman–Crippen LogP) is 4.38. The highest BCUT2D eigenvalue weighted by Gasteiger charge is 2.18. The van der Waals surface area contributed by atoms with Crippen LogP contribution in [0.3, 0.4) is 0 Å². The standard InChI is InChI=1S/C24H29N5O/c1-3-7-19(8-4-1)17-25-18-21-15-24(28-11-13-30-14-12-28)29-23(26-21)16-22(27-29)20-9-5-2-6-10-20/h2,5-6,9-10,15-17,19H,1,3-4,7-8,11-14,18H2. The smallest absolute Gasteiger partial charge is 0.158 e. The largest absolute Gasteiger partial charge is 0.378 e. The second kappa shape index (κ2) is 8.96. The summed E-state index contributed by atoms with van der Waals surface area (Å²) < 4.78 is 7.53. The lowest BCUT2D eigenvalue weighted by molar-refractivity contribution is 0.122. The van der Waals surface area contributed by atoms with Gasteiger partial charge in [-0.05, 0) is 18.8 Å². The number of hydrogen-bond donors (Lipinski definition) is 0. The average Bonchev–Trinajstić information content (AvgIpc) is 3.25. The molecule has 1 saturated heterocycles. The highest BCUT2D eigenvalue weighted by atomic mass is 16.5. The van der Waals surface area contributed by atoms with E-state index in [2.05, 4.69) is 35.4 Å². The molecule has 0 bridgehead atoms. The number of anilines is 1. The van der Waals surface area contributed by atoms with Gasteiger partial charge in [0.15, 0.2) is 5.65 Å². The fourth-order valence-electron chi connectivity index (χ4n) is 4.44. The van der Waals surface area contributed by atoms with E-state index in [9.17, 15) is 0 Å². The topological polar surface area (TPSA) is 55.0 Å². The van der Waals surface area contributed by atoms with Crippen molar-refractivity contribution in [1.82, 2.24) is 14.6 Å². The number of rotatable bonds is 5. The molecule has 3 aromatic rings.